The Kier molecular flexibility index (Phi) is 6.96. The molecule has 0 atom stereocenters. The zero-order valence-electron chi connectivity index (χ0n) is 15.2. The van der Waals surface area contributed by atoms with Crippen LogP contribution in [0.1, 0.15) is 16.7 Å². The van der Waals surface area contributed by atoms with Crippen molar-refractivity contribution in [1.82, 2.24) is 0 Å². The maximum Gasteiger partial charge on any atom is 0.174 e. The van der Waals surface area contributed by atoms with Gasteiger partial charge in [-0.05, 0) is 58.0 Å². The predicted molar refractivity (Wildman–Crippen MR) is 121 cm³/mol. The van der Waals surface area contributed by atoms with Crippen molar-refractivity contribution in [3.63, 3.8) is 0 Å². The van der Waals surface area contributed by atoms with Gasteiger partial charge in [0, 0.05) is 10.6 Å². The summed E-state index contributed by atoms with van der Waals surface area (Å²) in [6.45, 7) is 0.450. The van der Waals surface area contributed by atoms with Gasteiger partial charge in [0.2, 0.25) is 0 Å². The van der Waals surface area contributed by atoms with E-state index in [1.54, 1.807) is 19.3 Å². The van der Waals surface area contributed by atoms with Gasteiger partial charge in [-0.2, -0.15) is 5.26 Å². The van der Waals surface area contributed by atoms with Crippen LogP contribution in [-0.4, -0.2) is 7.11 Å². The van der Waals surface area contributed by atoms with E-state index in [4.69, 9.17) is 21.1 Å². The predicted octanol–water partition coefficient (Wildman–Crippen LogP) is 6.60. The van der Waals surface area contributed by atoms with Crippen LogP contribution in [0.25, 0.3) is 11.6 Å². The van der Waals surface area contributed by atoms with Crippen molar-refractivity contribution in [2.45, 2.75) is 6.61 Å². The molecule has 0 aromatic heterocycles. The third-order valence-corrected chi connectivity index (χ3v) is 5.20. The fraction of sp³-hybridized carbons (Fsp3) is 0.0870. The topological polar surface area (TPSA) is 42.2 Å². The molecule has 0 aliphatic heterocycles. The lowest BCUT2D eigenvalue weighted by atomic mass is 10.0. The fourth-order valence-electron chi connectivity index (χ4n) is 2.71. The van der Waals surface area contributed by atoms with E-state index in [0.717, 1.165) is 14.7 Å². The molecule has 0 saturated carbocycles. The largest absolute Gasteiger partial charge is 0.493 e. The minimum atomic E-state index is 0.450. The first kappa shape index (κ1) is 20.2. The summed E-state index contributed by atoms with van der Waals surface area (Å²) < 4.78 is 12.4. The Labute approximate surface area is 183 Å². The summed E-state index contributed by atoms with van der Waals surface area (Å²) in [4.78, 5) is 0. The van der Waals surface area contributed by atoms with E-state index in [9.17, 15) is 5.26 Å². The van der Waals surface area contributed by atoms with Gasteiger partial charge in [0.1, 0.15) is 6.61 Å². The number of benzene rings is 3. The molecular formula is C23H17ClINO2. The van der Waals surface area contributed by atoms with E-state index in [1.807, 2.05) is 60.7 Å². The van der Waals surface area contributed by atoms with Crippen LogP contribution in [0.2, 0.25) is 5.02 Å². The van der Waals surface area contributed by atoms with Gasteiger partial charge in [0.25, 0.3) is 0 Å². The first-order valence-corrected chi connectivity index (χ1v) is 9.99. The Hall–Kier alpha value is -2.49. The van der Waals surface area contributed by atoms with Crippen LogP contribution in [0.3, 0.4) is 0 Å². The van der Waals surface area contributed by atoms with Crippen LogP contribution >= 0.6 is 34.2 Å². The van der Waals surface area contributed by atoms with Gasteiger partial charge in [-0.1, -0.05) is 60.1 Å². The minimum Gasteiger partial charge on any atom is -0.493 e. The van der Waals surface area contributed by atoms with Crippen LogP contribution in [0, 0.1) is 14.9 Å². The highest BCUT2D eigenvalue weighted by Crippen LogP contribution is 2.36. The van der Waals surface area contributed by atoms with E-state index >= 15 is 0 Å². The zero-order valence-corrected chi connectivity index (χ0v) is 18.1. The molecule has 0 heterocycles. The standard InChI is InChI=1S/C23H17ClINO2/c1-27-22-13-17(11-18(14-26)19-9-5-6-10-20(19)24)12-21(25)23(22)28-15-16-7-3-2-4-8-16/h2-13H,15H2,1H3. The third-order valence-electron chi connectivity index (χ3n) is 4.07. The van der Waals surface area contributed by atoms with Crippen molar-refractivity contribution in [3.8, 4) is 17.6 Å². The molecule has 0 aliphatic carbocycles. The van der Waals surface area contributed by atoms with Gasteiger partial charge in [0.05, 0.1) is 22.3 Å². The number of hydrogen-bond donors (Lipinski definition) is 0. The Morgan fingerprint density at radius 1 is 1.11 bits per heavy atom. The van der Waals surface area contributed by atoms with Crippen LogP contribution in [-0.2, 0) is 6.61 Å². The van der Waals surface area contributed by atoms with E-state index in [-0.39, 0.29) is 0 Å². The highest BCUT2D eigenvalue weighted by Gasteiger charge is 2.13. The molecule has 0 unspecified atom stereocenters. The van der Waals surface area contributed by atoms with Crippen LogP contribution in [0.4, 0.5) is 0 Å². The quantitative estimate of drug-likeness (QED) is 0.217. The Morgan fingerprint density at radius 3 is 2.50 bits per heavy atom. The molecule has 0 spiro atoms. The fourth-order valence-corrected chi connectivity index (χ4v) is 3.73. The molecule has 3 aromatic carbocycles. The smallest absolute Gasteiger partial charge is 0.174 e. The highest BCUT2D eigenvalue weighted by atomic mass is 127. The minimum absolute atomic E-state index is 0.450. The number of halogens is 2. The number of hydrogen-bond acceptors (Lipinski definition) is 3. The molecule has 0 radical (unpaired) electrons. The van der Waals surface area contributed by atoms with Gasteiger partial charge < -0.3 is 9.47 Å². The first-order valence-electron chi connectivity index (χ1n) is 8.53. The van der Waals surface area contributed by atoms with Crippen molar-refractivity contribution in [1.29, 1.82) is 5.26 Å². The maximum atomic E-state index is 9.59. The molecule has 3 aromatic rings. The Morgan fingerprint density at radius 2 is 1.82 bits per heavy atom. The van der Waals surface area contributed by atoms with Crippen molar-refractivity contribution < 1.29 is 9.47 Å². The van der Waals surface area contributed by atoms with Crippen molar-refractivity contribution in [2.24, 2.45) is 0 Å². The second-order valence-corrected chi connectivity index (χ2v) is 7.53. The normalized spacial score (nSPS) is 11.0. The lowest BCUT2D eigenvalue weighted by Gasteiger charge is -2.14. The van der Waals surface area contributed by atoms with Gasteiger partial charge in [-0.3, -0.25) is 0 Å². The number of methoxy groups -OCH3 is 1. The molecule has 0 bridgehead atoms. The molecule has 0 aliphatic rings. The molecule has 28 heavy (non-hydrogen) atoms. The van der Waals surface area contributed by atoms with E-state index in [1.165, 1.54) is 0 Å². The second-order valence-electron chi connectivity index (χ2n) is 5.96. The summed E-state index contributed by atoms with van der Waals surface area (Å²) in [6, 6.07) is 23.3. The average Bonchev–Trinajstić information content (AvgIpc) is 2.72. The first-order chi connectivity index (χ1) is 13.6. The van der Waals surface area contributed by atoms with Crippen molar-refractivity contribution in [2.75, 3.05) is 7.11 Å². The number of nitriles is 1. The van der Waals surface area contributed by atoms with Crippen LogP contribution < -0.4 is 9.47 Å². The van der Waals surface area contributed by atoms with Crippen molar-refractivity contribution in [3.05, 3.63) is 92.0 Å². The van der Waals surface area contributed by atoms with Crippen LogP contribution in [0.5, 0.6) is 11.5 Å². The third kappa shape index (κ3) is 4.86. The van der Waals surface area contributed by atoms with Gasteiger partial charge in [0.15, 0.2) is 11.5 Å². The number of rotatable bonds is 6. The average molecular weight is 502 g/mol. The maximum absolute atomic E-state index is 9.59. The summed E-state index contributed by atoms with van der Waals surface area (Å²) in [5.41, 5.74) is 3.10. The molecule has 0 N–H and O–H groups in total. The summed E-state index contributed by atoms with van der Waals surface area (Å²) in [5.74, 6) is 1.30. The van der Waals surface area contributed by atoms with Gasteiger partial charge >= 0.3 is 0 Å². The lowest BCUT2D eigenvalue weighted by Crippen LogP contribution is -2.00. The molecule has 0 saturated heterocycles. The SMILES string of the molecule is COc1cc(C=C(C#N)c2ccccc2Cl)cc(I)c1OCc1ccccc1. The molecule has 3 nitrogen and oxygen atoms in total. The monoisotopic (exact) mass is 501 g/mol. The van der Waals surface area contributed by atoms with E-state index in [0.29, 0.717) is 34.3 Å². The number of nitrogens with zero attached hydrogens (tertiary/aromatic N) is 1. The summed E-state index contributed by atoms with van der Waals surface area (Å²) in [7, 11) is 1.60. The molecule has 0 fully saturated rings. The number of allylic oxidation sites excluding steroid dienone is 1. The van der Waals surface area contributed by atoms with Gasteiger partial charge in [-0.15, -0.1) is 0 Å². The second kappa shape index (κ2) is 9.63. The van der Waals surface area contributed by atoms with E-state index in [2.05, 4.69) is 28.7 Å². The zero-order chi connectivity index (χ0) is 19.9. The lowest BCUT2D eigenvalue weighted by molar-refractivity contribution is 0.282. The summed E-state index contributed by atoms with van der Waals surface area (Å²) in [5, 5.41) is 10.1. The van der Waals surface area contributed by atoms with Crippen molar-refractivity contribution >= 4 is 45.8 Å². The molecule has 5 heteroatoms. The molecule has 0 amide bonds. The molecule has 140 valence electrons. The van der Waals surface area contributed by atoms with Gasteiger partial charge in [-0.25, -0.2) is 0 Å². The van der Waals surface area contributed by atoms with Crippen LogP contribution in [0.15, 0.2) is 66.7 Å². The highest BCUT2D eigenvalue weighted by molar-refractivity contribution is 14.1. The van der Waals surface area contributed by atoms with E-state index < -0.39 is 0 Å². The summed E-state index contributed by atoms with van der Waals surface area (Å²) in [6.07, 6.45) is 1.80. The summed E-state index contributed by atoms with van der Waals surface area (Å²) >= 11 is 8.46. The Bertz CT molecular complexity index is 1040. The Balaban J connectivity index is 1.92. The molecular weight excluding hydrogens is 485 g/mol. The molecule has 3 rings (SSSR count). The number of ether oxygens (including phenoxy) is 2.